The van der Waals surface area contributed by atoms with Crippen LogP contribution in [0.25, 0.3) is 0 Å². The predicted octanol–water partition coefficient (Wildman–Crippen LogP) is 2.60. The van der Waals surface area contributed by atoms with Gasteiger partial charge in [0.1, 0.15) is 0 Å². The molecule has 5 heteroatoms. The lowest BCUT2D eigenvalue weighted by atomic mass is 10.1. The molecule has 0 aliphatic heterocycles. The van der Waals surface area contributed by atoms with Gasteiger partial charge in [-0.15, -0.1) is 0 Å². The van der Waals surface area contributed by atoms with E-state index in [-0.39, 0.29) is 5.91 Å². The molecule has 0 bridgehead atoms. The van der Waals surface area contributed by atoms with E-state index in [0.717, 1.165) is 0 Å². The average Bonchev–Trinajstić information content (AvgIpc) is 2.54. The van der Waals surface area contributed by atoms with Crippen molar-refractivity contribution in [2.75, 3.05) is 12.4 Å². The van der Waals surface area contributed by atoms with E-state index in [1.165, 1.54) is 13.2 Å². The minimum atomic E-state index is -0.468. The first-order valence-corrected chi connectivity index (χ1v) is 6.14. The number of hydrogen-bond acceptors (Lipinski definition) is 4. The first-order chi connectivity index (χ1) is 10.1. The van der Waals surface area contributed by atoms with Gasteiger partial charge >= 0.3 is 5.97 Å². The number of carbonyl (C=O) groups excluding carboxylic acids is 2. The predicted molar refractivity (Wildman–Crippen MR) is 76.9 cm³/mol. The normalized spacial score (nSPS) is 9.52. The Morgan fingerprint density at radius 3 is 2.43 bits per heavy atom. The largest absolute Gasteiger partial charge is 0.465 e. The molecule has 0 saturated carbocycles. The Labute approximate surface area is 121 Å². The van der Waals surface area contributed by atoms with Crippen LogP contribution in [-0.2, 0) is 4.74 Å². The van der Waals surface area contributed by atoms with Crippen molar-refractivity contribution in [2.24, 2.45) is 0 Å². The molecular weight excluding hydrogens is 268 g/mol. The summed E-state index contributed by atoms with van der Waals surface area (Å²) in [6, 6.07) is 14.7. The quantitative estimate of drug-likeness (QED) is 0.876. The van der Waals surface area contributed by atoms with E-state index >= 15 is 0 Å². The maximum atomic E-state index is 12.1. The topological polar surface area (TPSA) is 79.2 Å². The van der Waals surface area contributed by atoms with Crippen molar-refractivity contribution in [1.29, 1.82) is 5.26 Å². The standard InChI is InChI=1S/C16H12N2O3/c1-21-16(20)13-3-2-4-14(9-13)18-15(19)12-7-5-11(10-17)6-8-12/h2-9H,1H3,(H,18,19). The van der Waals surface area contributed by atoms with Crippen LogP contribution in [0.5, 0.6) is 0 Å². The van der Waals surface area contributed by atoms with Gasteiger partial charge in [-0.3, -0.25) is 4.79 Å². The third kappa shape index (κ3) is 3.45. The highest BCUT2D eigenvalue weighted by molar-refractivity contribution is 6.04. The number of nitriles is 1. The molecule has 0 unspecified atom stereocenters. The molecule has 5 nitrogen and oxygen atoms in total. The Morgan fingerprint density at radius 1 is 1.10 bits per heavy atom. The van der Waals surface area contributed by atoms with E-state index in [4.69, 9.17) is 5.26 Å². The lowest BCUT2D eigenvalue weighted by Crippen LogP contribution is -2.12. The van der Waals surface area contributed by atoms with E-state index in [9.17, 15) is 9.59 Å². The Morgan fingerprint density at radius 2 is 1.81 bits per heavy atom. The summed E-state index contributed by atoms with van der Waals surface area (Å²) in [6.07, 6.45) is 0. The van der Waals surface area contributed by atoms with Gasteiger partial charge in [0.15, 0.2) is 0 Å². The smallest absolute Gasteiger partial charge is 0.337 e. The third-order valence-electron chi connectivity index (χ3n) is 2.82. The lowest BCUT2D eigenvalue weighted by molar-refractivity contribution is 0.0600. The number of nitrogens with zero attached hydrogens (tertiary/aromatic N) is 1. The molecular formula is C16H12N2O3. The van der Waals surface area contributed by atoms with E-state index in [1.807, 2.05) is 6.07 Å². The van der Waals surface area contributed by atoms with Crippen LogP contribution in [0.1, 0.15) is 26.3 Å². The second kappa shape index (κ2) is 6.35. The van der Waals surface area contributed by atoms with Crippen molar-refractivity contribution in [3.8, 4) is 6.07 Å². The highest BCUT2D eigenvalue weighted by atomic mass is 16.5. The van der Waals surface area contributed by atoms with Crippen LogP contribution in [-0.4, -0.2) is 19.0 Å². The second-order valence-electron chi connectivity index (χ2n) is 4.22. The monoisotopic (exact) mass is 280 g/mol. The molecule has 1 N–H and O–H groups in total. The van der Waals surface area contributed by atoms with Crippen LogP contribution in [0.4, 0.5) is 5.69 Å². The molecule has 104 valence electrons. The van der Waals surface area contributed by atoms with Gasteiger partial charge < -0.3 is 10.1 Å². The first kappa shape index (κ1) is 14.3. The van der Waals surface area contributed by atoms with E-state index in [2.05, 4.69) is 10.1 Å². The molecule has 0 aliphatic rings. The number of methoxy groups -OCH3 is 1. The number of amides is 1. The Kier molecular flexibility index (Phi) is 4.32. The minimum absolute atomic E-state index is 0.318. The van der Waals surface area contributed by atoms with Crippen LogP contribution in [0.2, 0.25) is 0 Å². The summed E-state index contributed by atoms with van der Waals surface area (Å²) < 4.78 is 4.62. The van der Waals surface area contributed by atoms with Gasteiger partial charge in [0.25, 0.3) is 5.91 Å². The fourth-order valence-corrected chi connectivity index (χ4v) is 1.74. The van der Waals surface area contributed by atoms with Gasteiger partial charge in [0.05, 0.1) is 24.3 Å². The SMILES string of the molecule is COC(=O)c1cccc(NC(=O)c2ccc(C#N)cc2)c1. The van der Waals surface area contributed by atoms with Gasteiger partial charge in [-0.25, -0.2) is 4.79 Å². The van der Waals surface area contributed by atoms with E-state index in [1.54, 1.807) is 42.5 Å². The van der Waals surface area contributed by atoms with Crippen molar-refractivity contribution in [3.63, 3.8) is 0 Å². The van der Waals surface area contributed by atoms with Gasteiger partial charge in [-0.2, -0.15) is 5.26 Å². The van der Waals surface area contributed by atoms with Gasteiger partial charge in [0.2, 0.25) is 0 Å². The van der Waals surface area contributed by atoms with Crippen LogP contribution in [0.3, 0.4) is 0 Å². The Balaban J connectivity index is 2.15. The highest BCUT2D eigenvalue weighted by Gasteiger charge is 2.09. The summed E-state index contributed by atoms with van der Waals surface area (Å²) in [6.45, 7) is 0. The maximum absolute atomic E-state index is 12.1. The number of ether oxygens (including phenoxy) is 1. The van der Waals surface area contributed by atoms with Crippen molar-refractivity contribution in [1.82, 2.24) is 0 Å². The molecule has 2 aromatic rings. The number of nitrogens with one attached hydrogen (secondary N) is 1. The zero-order valence-corrected chi connectivity index (χ0v) is 11.3. The fourth-order valence-electron chi connectivity index (χ4n) is 1.74. The van der Waals surface area contributed by atoms with Crippen LogP contribution < -0.4 is 5.32 Å². The molecule has 2 rings (SSSR count). The number of rotatable bonds is 3. The summed E-state index contributed by atoms with van der Waals surface area (Å²) in [7, 11) is 1.30. The van der Waals surface area contributed by atoms with Crippen LogP contribution >= 0.6 is 0 Å². The highest BCUT2D eigenvalue weighted by Crippen LogP contribution is 2.13. The second-order valence-corrected chi connectivity index (χ2v) is 4.22. The van der Waals surface area contributed by atoms with Crippen molar-refractivity contribution < 1.29 is 14.3 Å². The third-order valence-corrected chi connectivity index (χ3v) is 2.82. The molecule has 21 heavy (non-hydrogen) atoms. The number of benzene rings is 2. The zero-order valence-electron chi connectivity index (χ0n) is 11.3. The number of esters is 1. The van der Waals surface area contributed by atoms with Gasteiger partial charge in [-0.05, 0) is 42.5 Å². The maximum Gasteiger partial charge on any atom is 0.337 e. The molecule has 0 atom stereocenters. The summed E-state index contributed by atoms with van der Waals surface area (Å²) in [5.41, 5.74) is 1.76. The minimum Gasteiger partial charge on any atom is -0.465 e. The molecule has 0 fully saturated rings. The number of anilines is 1. The van der Waals surface area contributed by atoms with Crippen molar-refractivity contribution in [2.45, 2.75) is 0 Å². The number of hydrogen-bond donors (Lipinski definition) is 1. The van der Waals surface area contributed by atoms with Gasteiger partial charge in [-0.1, -0.05) is 6.07 Å². The summed E-state index contributed by atoms with van der Waals surface area (Å²) >= 11 is 0. The molecule has 0 heterocycles. The van der Waals surface area contributed by atoms with Crippen LogP contribution in [0.15, 0.2) is 48.5 Å². The molecule has 0 aromatic heterocycles. The molecule has 1 amide bonds. The average molecular weight is 280 g/mol. The van der Waals surface area contributed by atoms with Gasteiger partial charge in [0, 0.05) is 11.3 Å². The fraction of sp³-hybridized carbons (Fsp3) is 0.0625. The molecule has 0 radical (unpaired) electrons. The van der Waals surface area contributed by atoms with Crippen molar-refractivity contribution >= 4 is 17.6 Å². The lowest BCUT2D eigenvalue weighted by Gasteiger charge is -2.07. The Bertz CT molecular complexity index is 715. The van der Waals surface area contributed by atoms with Crippen molar-refractivity contribution in [3.05, 3.63) is 65.2 Å². The van der Waals surface area contributed by atoms with Crippen LogP contribution in [0, 0.1) is 11.3 Å². The summed E-state index contributed by atoms with van der Waals surface area (Å²) in [5, 5.41) is 11.4. The molecule has 2 aromatic carbocycles. The number of carbonyl (C=O) groups is 2. The molecule has 0 aliphatic carbocycles. The summed E-state index contributed by atoms with van der Waals surface area (Å²) in [4.78, 5) is 23.5. The van der Waals surface area contributed by atoms with E-state index < -0.39 is 5.97 Å². The van der Waals surface area contributed by atoms with E-state index in [0.29, 0.717) is 22.4 Å². The molecule has 0 spiro atoms. The first-order valence-electron chi connectivity index (χ1n) is 6.14. The molecule has 0 saturated heterocycles. The summed E-state index contributed by atoms with van der Waals surface area (Å²) in [5.74, 6) is -0.786. The Hall–Kier alpha value is -3.13. The zero-order chi connectivity index (χ0) is 15.2.